The molecule has 0 aromatic rings. The monoisotopic (exact) mass is 172 g/mol. The van der Waals surface area contributed by atoms with E-state index in [0.29, 0.717) is 6.29 Å². The number of esters is 1. The second kappa shape index (κ2) is 4.21. The molecule has 12 heavy (non-hydrogen) atoms. The van der Waals surface area contributed by atoms with Crippen molar-refractivity contribution in [2.24, 2.45) is 5.73 Å². The molecule has 2 N–H and O–H groups in total. The predicted molar refractivity (Wildman–Crippen MR) is 44.2 cm³/mol. The first-order valence-corrected chi connectivity index (χ1v) is 3.65. The molecular formula is C8H14NO3. The lowest BCUT2D eigenvalue weighted by atomic mass is 10.1. The molecule has 0 aromatic heterocycles. The zero-order chi connectivity index (χ0) is 9.78. The maximum Gasteiger partial charge on any atom is 0.322 e. The molecule has 69 valence electrons. The summed E-state index contributed by atoms with van der Waals surface area (Å²) in [6.07, 6.45) is 0.425. The van der Waals surface area contributed by atoms with Crippen molar-refractivity contribution in [2.75, 3.05) is 6.54 Å². The van der Waals surface area contributed by atoms with E-state index in [-0.39, 0.29) is 12.5 Å². The van der Waals surface area contributed by atoms with Gasteiger partial charge >= 0.3 is 5.97 Å². The summed E-state index contributed by atoms with van der Waals surface area (Å²) in [5.41, 5.74) is 4.55. The highest BCUT2D eigenvalue weighted by molar-refractivity contribution is 6.03. The van der Waals surface area contributed by atoms with E-state index in [4.69, 9.17) is 10.5 Å². The Kier molecular flexibility index (Phi) is 3.89. The van der Waals surface area contributed by atoms with E-state index in [1.807, 2.05) is 0 Å². The van der Waals surface area contributed by atoms with Crippen molar-refractivity contribution in [3.8, 4) is 0 Å². The van der Waals surface area contributed by atoms with Crippen molar-refractivity contribution in [3.05, 3.63) is 5.92 Å². The number of carbonyl (C=O) groups excluding carboxylic acids is 2. The third-order valence-corrected chi connectivity index (χ3v) is 1.02. The molecule has 0 amide bonds. The SMILES string of the molecule is CC(C)(C)OC(=O)[C](C=O)CN. The third kappa shape index (κ3) is 4.08. The fourth-order valence-corrected chi connectivity index (χ4v) is 0.523. The molecule has 0 saturated carbocycles. The van der Waals surface area contributed by atoms with Crippen LogP contribution in [0, 0.1) is 5.92 Å². The molecule has 0 saturated heterocycles. The van der Waals surface area contributed by atoms with Crippen LogP contribution in [0.25, 0.3) is 0 Å². The van der Waals surface area contributed by atoms with Crippen LogP contribution in [0.15, 0.2) is 0 Å². The van der Waals surface area contributed by atoms with Gasteiger partial charge in [0.1, 0.15) is 11.9 Å². The van der Waals surface area contributed by atoms with E-state index in [0.717, 1.165) is 0 Å². The van der Waals surface area contributed by atoms with Gasteiger partial charge in [-0.15, -0.1) is 0 Å². The van der Waals surface area contributed by atoms with Crippen molar-refractivity contribution >= 4 is 12.3 Å². The van der Waals surface area contributed by atoms with Crippen molar-refractivity contribution in [3.63, 3.8) is 0 Å². The zero-order valence-electron chi connectivity index (χ0n) is 7.59. The fourth-order valence-electron chi connectivity index (χ4n) is 0.523. The maximum atomic E-state index is 11.1. The molecule has 4 nitrogen and oxygen atoms in total. The Morgan fingerprint density at radius 1 is 1.50 bits per heavy atom. The number of nitrogens with two attached hydrogens (primary N) is 1. The van der Waals surface area contributed by atoms with Crippen molar-refractivity contribution < 1.29 is 14.3 Å². The first-order valence-electron chi connectivity index (χ1n) is 3.65. The standard InChI is InChI=1S/C8H14NO3/c1-8(2,3)12-7(11)6(4-9)5-10/h5H,4,9H2,1-3H3. The van der Waals surface area contributed by atoms with E-state index in [1.165, 1.54) is 0 Å². The zero-order valence-corrected chi connectivity index (χ0v) is 7.59. The minimum Gasteiger partial charge on any atom is -0.459 e. The summed E-state index contributed by atoms with van der Waals surface area (Å²) in [4.78, 5) is 21.3. The van der Waals surface area contributed by atoms with Crippen molar-refractivity contribution in [1.82, 2.24) is 0 Å². The van der Waals surface area contributed by atoms with Gasteiger partial charge in [0.25, 0.3) is 0 Å². The van der Waals surface area contributed by atoms with Crippen LogP contribution in [0.5, 0.6) is 0 Å². The van der Waals surface area contributed by atoms with Crippen LogP contribution < -0.4 is 5.73 Å². The summed E-state index contributed by atoms with van der Waals surface area (Å²) in [5.74, 6) is -0.676. The number of aldehydes is 1. The lowest BCUT2D eigenvalue weighted by molar-refractivity contribution is -0.152. The smallest absolute Gasteiger partial charge is 0.322 e. The molecule has 0 atom stereocenters. The Labute approximate surface area is 72.1 Å². The molecule has 0 spiro atoms. The molecule has 0 aliphatic heterocycles. The Morgan fingerprint density at radius 2 is 2.00 bits per heavy atom. The van der Waals surface area contributed by atoms with Crippen LogP contribution in [0.4, 0.5) is 0 Å². The number of rotatable bonds is 3. The lowest BCUT2D eigenvalue weighted by Gasteiger charge is -2.20. The van der Waals surface area contributed by atoms with Gasteiger partial charge in [-0.1, -0.05) is 0 Å². The van der Waals surface area contributed by atoms with E-state index >= 15 is 0 Å². The van der Waals surface area contributed by atoms with Gasteiger partial charge in [-0.05, 0) is 20.8 Å². The van der Waals surface area contributed by atoms with Crippen LogP contribution in [0.1, 0.15) is 20.8 Å². The normalized spacial score (nSPS) is 11.4. The van der Waals surface area contributed by atoms with Crippen LogP contribution >= 0.6 is 0 Å². The number of ether oxygens (including phenoxy) is 1. The van der Waals surface area contributed by atoms with E-state index in [1.54, 1.807) is 20.8 Å². The average molecular weight is 172 g/mol. The van der Waals surface area contributed by atoms with Gasteiger partial charge in [-0.3, -0.25) is 4.79 Å². The third-order valence-electron chi connectivity index (χ3n) is 1.02. The van der Waals surface area contributed by atoms with Gasteiger partial charge in [0.2, 0.25) is 0 Å². The first-order chi connectivity index (χ1) is 5.40. The van der Waals surface area contributed by atoms with Crippen molar-refractivity contribution in [2.45, 2.75) is 26.4 Å². The highest BCUT2D eigenvalue weighted by atomic mass is 16.6. The summed E-state index contributed by atoms with van der Waals surface area (Å²) in [5, 5.41) is 0. The van der Waals surface area contributed by atoms with Gasteiger partial charge in [0, 0.05) is 6.54 Å². The Morgan fingerprint density at radius 3 is 2.25 bits per heavy atom. The quantitative estimate of drug-likeness (QED) is 0.371. The van der Waals surface area contributed by atoms with Gasteiger partial charge in [-0.25, -0.2) is 0 Å². The summed E-state index contributed by atoms with van der Waals surface area (Å²) < 4.78 is 4.89. The average Bonchev–Trinajstić information content (AvgIpc) is 1.85. The van der Waals surface area contributed by atoms with Crippen molar-refractivity contribution in [1.29, 1.82) is 0 Å². The molecule has 0 heterocycles. The second-order valence-electron chi connectivity index (χ2n) is 3.35. The minimum absolute atomic E-state index is 0.0371. The Balaban J connectivity index is 4.11. The second-order valence-corrected chi connectivity index (χ2v) is 3.35. The molecule has 0 aliphatic rings. The number of carbonyl (C=O) groups is 2. The predicted octanol–water partition coefficient (Wildman–Crippen LogP) is 0.0602. The molecule has 0 aliphatic carbocycles. The molecule has 0 unspecified atom stereocenters. The van der Waals surface area contributed by atoms with Gasteiger partial charge in [0.05, 0.1) is 0 Å². The van der Waals surface area contributed by atoms with Crippen LogP contribution in [0.2, 0.25) is 0 Å². The van der Waals surface area contributed by atoms with Gasteiger partial charge in [0.15, 0.2) is 5.92 Å². The molecule has 0 rings (SSSR count). The Bertz CT molecular complexity index is 172. The topological polar surface area (TPSA) is 69.4 Å². The summed E-state index contributed by atoms with van der Waals surface area (Å²) >= 11 is 0. The summed E-state index contributed by atoms with van der Waals surface area (Å²) in [6.45, 7) is 5.09. The van der Waals surface area contributed by atoms with Gasteiger partial charge < -0.3 is 15.3 Å². The molecule has 1 radical (unpaired) electrons. The highest BCUT2D eigenvalue weighted by Crippen LogP contribution is 2.10. The maximum absolute atomic E-state index is 11.1. The van der Waals surface area contributed by atoms with Crippen LogP contribution in [-0.2, 0) is 14.3 Å². The molecular weight excluding hydrogens is 158 g/mol. The lowest BCUT2D eigenvalue weighted by Crippen LogP contribution is -2.31. The van der Waals surface area contributed by atoms with Crippen LogP contribution in [0.3, 0.4) is 0 Å². The molecule has 0 bridgehead atoms. The fraction of sp³-hybridized carbons (Fsp3) is 0.625. The first kappa shape index (κ1) is 11.1. The number of hydrogen-bond donors (Lipinski definition) is 1. The highest BCUT2D eigenvalue weighted by Gasteiger charge is 2.24. The molecule has 0 fully saturated rings. The molecule has 4 heteroatoms. The summed E-state index contributed by atoms with van der Waals surface area (Å²) in [6, 6.07) is 0. The van der Waals surface area contributed by atoms with Gasteiger partial charge in [-0.2, -0.15) is 0 Å². The van der Waals surface area contributed by atoms with Crippen LogP contribution in [-0.4, -0.2) is 24.4 Å². The van der Waals surface area contributed by atoms with E-state index in [9.17, 15) is 9.59 Å². The molecule has 0 aromatic carbocycles. The minimum atomic E-state index is -0.639. The van der Waals surface area contributed by atoms with E-state index in [2.05, 4.69) is 0 Å². The number of hydrogen-bond acceptors (Lipinski definition) is 4. The Hall–Kier alpha value is -0.900. The largest absolute Gasteiger partial charge is 0.459 e. The summed E-state index contributed by atoms with van der Waals surface area (Å²) in [7, 11) is 0. The van der Waals surface area contributed by atoms with E-state index < -0.39 is 11.6 Å².